The molecule has 2 aliphatic rings. The van der Waals surface area contributed by atoms with Gasteiger partial charge in [0, 0.05) is 36.8 Å². The van der Waals surface area contributed by atoms with Crippen LogP contribution in [-0.2, 0) is 0 Å². The van der Waals surface area contributed by atoms with Crippen LogP contribution in [0, 0.1) is 28.6 Å². The molecule has 0 bridgehead atoms. The largest absolute Gasteiger partial charge is 0.361 e. The van der Waals surface area contributed by atoms with E-state index in [1.807, 2.05) is 6.92 Å². The van der Waals surface area contributed by atoms with E-state index in [4.69, 9.17) is 11.0 Å². The maximum Gasteiger partial charge on any atom is 0.314 e. The number of allylic oxidation sites excluding steroid dienone is 3. The number of nitriles is 2. The Morgan fingerprint density at radius 2 is 2.10 bits per heavy atom. The van der Waals surface area contributed by atoms with Gasteiger partial charge in [-0.1, -0.05) is 0 Å². The van der Waals surface area contributed by atoms with E-state index >= 15 is 0 Å². The molecular weight excluding hydrogens is 254 g/mol. The molecule has 0 spiro atoms. The predicted molar refractivity (Wildman–Crippen MR) is 72.6 cm³/mol. The number of rotatable bonds is 1. The Labute approximate surface area is 118 Å². The summed E-state index contributed by atoms with van der Waals surface area (Å²) in [5.74, 6) is 0.0843. The van der Waals surface area contributed by atoms with Crippen molar-refractivity contribution in [1.29, 1.82) is 10.5 Å². The van der Waals surface area contributed by atoms with Crippen molar-refractivity contribution in [2.45, 2.75) is 26.2 Å². The second-order valence-electron chi connectivity index (χ2n) is 5.14. The number of likely N-dealkylation sites (tertiary alicyclic amines) is 1. The summed E-state index contributed by atoms with van der Waals surface area (Å²) in [6, 6.07) is 3.87. The van der Waals surface area contributed by atoms with Gasteiger partial charge in [-0.15, -0.1) is 0 Å². The average Bonchev–Trinajstić information content (AvgIpc) is 2.47. The number of dihydropyridines is 1. The topological polar surface area (TPSA) is 106 Å². The Balaban J connectivity index is 2.23. The lowest BCUT2D eigenvalue weighted by Crippen LogP contribution is -2.45. The smallest absolute Gasteiger partial charge is 0.314 e. The third kappa shape index (κ3) is 2.60. The third-order valence-electron chi connectivity index (χ3n) is 3.86. The number of urea groups is 1. The summed E-state index contributed by atoms with van der Waals surface area (Å²) in [7, 11) is 0. The quantitative estimate of drug-likeness (QED) is 0.750. The summed E-state index contributed by atoms with van der Waals surface area (Å²) in [4.78, 5) is 12.9. The standard InChI is InChI=1S/C14H17N5O/c1-9-11(6-15)5-12(7-16)13(18-9)10-3-2-4-19(8-10)14(17)20/h10,18H,2-5,8H2,1H3,(H2,17,20). The number of hydrogen-bond acceptors (Lipinski definition) is 4. The van der Waals surface area contributed by atoms with E-state index in [2.05, 4.69) is 17.5 Å². The van der Waals surface area contributed by atoms with E-state index in [0.717, 1.165) is 24.2 Å². The molecule has 1 fully saturated rings. The summed E-state index contributed by atoms with van der Waals surface area (Å²) in [5, 5.41) is 21.5. The maximum atomic E-state index is 11.3. The van der Waals surface area contributed by atoms with Crippen LogP contribution in [0.4, 0.5) is 4.79 Å². The van der Waals surface area contributed by atoms with E-state index in [9.17, 15) is 10.1 Å². The molecule has 2 aliphatic heterocycles. The third-order valence-corrected chi connectivity index (χ3v) is 3.86. The van der Waals surface area contributed by atoms with Crippen LogP contribution in [0.3, 0.4) is 0 Å². The molecule has 0 aliphatic carbocycles. The van der Waals surface area contributed by atoms with Crippen LogP contribution in [0.2, 0.25) is 0 Å². The summed E-state index contributed by atoms with van der Waals surface area (Å²) in [6.45, 7) is 3.03. The molecule has 104 valence electrons. The van der Waals surface area contributed by atoms with Gasteiger partial charge in [0.05, 0.1) is 23.3 Å². The lowest BCUT2D eigenvalue weighted by atomic mass is 9.88. The zero-order chi connectivity index (χ0) is 14.7. The highest BCUT2D eigenvalue weighted by Gasteiger charge is 2.29. The highest BCUT2D eigenvalue weighted by Crippen LogP contribution is 2.30. The van der Waals surface area contributed by atoms with Crippen molar-refractivity contribution < 1.29 is 4.79 Å². The van der Waals surface area contributed by atoms with Gasteiger partial charge in [0.1, 0.15) is 0 Å². The van der Waals surface area contributed by atoms with E-state index in [-0.39, 0.29) is 5.92 Å². The minimum Gasteiger partial charge on any atom is -0.361 e. The van der Waals surface area contributed by atoms with Gasteiger partial charge in [0.15, 0.2) is 0 Å². The molecule has 0 aromatic carbocycles. The first-order chi connectivity index (χ1) is 9.56. The molecule has 0 radical (unpaired) electrons. The molecule has 2 amide bonds. The highest BCUT2D eigenvalue weighted by molar-refractivity contribution is 5.72. The van der Waals surface area contributed by atoms with Crippen molar-refractivity contribution in [3.63, 3.8) is 0 Å². The van der Waals surface area contributed by atoms with Gasteiger partial charge in [0.25, 0.3) is 0 Å². The van der Waals surface area contributed by atoms with Gasteiger partial charge < -0.3 is 16.0 Å². The normalized spacial score (nSPS) is 22.9. The van der Waals surface area contributed by atoms with Gasteiger partial charge in [-0.05, 0) is 19.8 Å². The zero-order valence-corrected chi connectivity index (χ0v) is 11.4. The van der Waals surface area contributed by atoms with Gasteiger partial charge in [-0.3, -0.25) is 0 Å². The SMILES string of the molecule is CC1=C(C#N)CC(C#N)=C(C2CCCN(C(N)=O)C2)N1. The minimum absolute atomic E-state index is 0.0843. The van der Waals surface area contributed by atoms with Crippen molar-refractivity contribution in [2.75, 3.05) is 13.1 Å². The highest BCUT2D eigenvalue weighted by atomic mass is 16.2. The lowest BCUT2D eigenvalue weighted by Gasteiger charge is -2.35. The number of amides is 2. The predicted octanol–water partition coefficient (Wildman–Crippen LogP) is 1.35. The van der Waals surface area contributed by atoms with E-state index in [1.165, 1.54) is 0 Å². The molecule has 6 heteroatoms. The van der Waals surface area contributed by atoms with Gasteiger partial charge in [-0.25, -0.2) is 4.79 Å². The first-order valence-electron chi connectivity index (χ1n) is 6.61. The van der Waals surface area contributed by atoms with E-state index in [0.29, 0.717) is 30.7 Å². The molecule has 2 heterocycles. The van der Waals surface area contributed by atoms with Crippen molar-refractivity contribution in [1.82, 2.24) is 10.2 Å². The van der Waals surface area contributed by atoms with E-state index in [1.54, 1.807) is 4.90 Å². The molecule has 6 nitrogen and oxygen atoms in total. The second kappa shape index (κ2) is 5.66. The van der Waals surface area contributed by atoms with Crippen molar-refractivity contribution in [3.8, 4) is 12.1 Å². The molecule has 0 aromatic heterocycles. The maximum absolute atomic E-state index is 11.3. The Hall–Kier alpha value is -2.47. The second-order valence-corrected chi connectivity index (χ2v) is 5.14. The van der Waals surface area contributed by atoms with E-state index < -0.39 is 6.03 Å². The fourth-order valence-electron chi connectivity index (χ4n) is 2.74. The number of nitrogens with zero attached hydrogens (tertiary/aromatic N) is 3. The Morgan fingerprint density at radius 3 is 2.70 bits per heavy atom. The van der Waals surface area contributed by atoms with Crippen LogP contribution in [0.1, 0.15) is 26.2 Å². The Morgan fingerprint density at radius 1 is 1.40 bits per heavy atom. The zero-order valence-electron chi connectivity index (χ0n) is 11.4. The fourth-order valence-corrected chi connectivity index (χ4v) is 2.74. The van der Waals surface area contributed by atoms with Crippen LogP contribution in [0.25, 0.3) is 0 Å². The average molecular weight is 271 g/mol. The molecule has 2 rings (SSSR count). The number of nitrogens with two attached hydrogens (primary N) is 1. The van der Waals surface area contributed by atoms with Crippen LogP contribution in [0.15, 0.2) is 22.5 Å². The molecule has 20 heavy (non-hydrogen) atoms. The van der Waals surface area contributed by atoms with Crippen LogP contribution in [0.5, 0.6) is 0 Å². The number of carbonyl (C=O) groups is 1. The van der Waals surface area contributed by atoms with Crippen LogP contribution >= 0.6 is 0 Å². The first-order valence-corrected chi connectivity index (χ1v) is 6.61. The number of piperidine rings is 1. The van der Waals surface area contributed by atoms with Crippen molar-refractivity contribution in [3.05, 3.63) is 22.5 Å². The summed E-state index contributed by atoms with van der Waals surface area (Å²) in [6.07, 6.45) is 2.14. The fraction of sp³-hybridized carbons (Fsp3) is 0.500. The summed E-state index contributed by atoms with van der Waals surface area (Å²) < 4.78 is 0. The molecule has 1 atom stereocenters. The minimum atomic E-state index is -0.422. The molecule has 0 saturated carbocycles. The van der Waals surface area contributed by atoms with Crippen molar-refractivity contribution in [2.24, 2.45) is 11.7 Å². The first kappa shape index (κ1) is 14.0. The summed E-state index contributed by atoms with van der Waals surface area (Å²) in [5.41, 5.74) is 8.14. The van der Waals surface area contributed by atoms with Gasteiger partial charge >= 0.3 is 6.03 Å². The van der Waals surface area contributed by atoms with Crippen molar-refractivity contribution >= 4 is 6.03 Å². The molecular formula is C14H17N5O. The number of nitrogens with one attached hydrogen (secondary N) is 1. The molecule has 0 aromatic rings. The number of carbonyl (C=O) groups excluding carboxylic acids is 1. The molecule has 1 unspecified atom stereocenters. The Bertz CT molecular complexity index is 575. The lowest BCUT2D eigenvalue weighted by molar-refractivity contribution is 0.180. The number of primary amides is 1. The van der Waals surface area contributed by atoms with Gasteiger partial charge in [-0.2, -0.15) is 10.5 Å². The summed E-state index contributed by atoms with van der Waals surface area (Å²) >= 11 is 0. The monoisotopic (exact) mass is 271 g/mol. The molecule has 3 N–H and O–H groups in total. The number of hydrogen-bond donors (Lipinski definition) is 2. The van der Waals surface area contributed by atoms with Crippen LogP contribution < -0.4 is 11.1 Å². The Kier molecular flexibility index (Phi) is 3.95. The van der Waals surface area contributed by atoms with Crippen LogP contribution in [-0.4, -0.2) is 24.0 Å². The molecule has 1 saturated heterocycles. The van der Waals surface area contributed by atoms with Gasteiger partial charge in [0.2, 0.25) is 0 Å².